The Kier molecular flexibility index (Phi) is 3.65. The fraction of sp³-hybridized carbons (Fsp3) is 0.316. The lowest BCUT2D eigenvalue weighted by atomic mass is 9.84. The molecule has 0 radical (unpaired) electrons. The molecule has 1 unspecified atom stereocenters. The molecule has 1 aromatic heterocycles. The molecule has 2 aromatic rings. The van der Waals surface area contributed by atoms with Crippen LogP contribution in [-0.4, -0.2) is 5.97 Å². The Labute approximate surface area is 130 Å². The molecule has 0 bridgehead atoms. The highest BCUT2D eigenvalue weighted by atomic mass is 16.6. The summed E-state index contributed by atoms with van der Waals surface area (Å²) >= 11 is 0. The van der Waals surface area contributed by atoms with Crippen molar-refractivity contribution in [3.8, 4) is 0 Å². The van der Waals surface area contributed by atoms with Gasteiger partial charge in [0.2, 0.25) is 0 Å². The number of ether oxygens (including phenoxy) is 1. The molecule has 0 N–H and O–H groups in total. The highest BCUT2D eigenvalue weighted by Crippen LogP contribution is 2.42. The van der Waals surface area contributed by atoms with E-state index < -0.39 is 5.60 Å². The normalized spacial score (nSPS) is 16.8. The molecule has 1 atom stereocenters. The molecule has 114 valence electrons. The number of benzene rings is 1. The number of rotatable bonds is 4. The first-order valence-electron chi connectivity index (χ1n) is 7.50. The van der Waals surface area contributed by atoms with Crippen LogP contribution >= 0.6 is 0 Å². The fourth-order valence-electron chi connectivity index (χ4n) is 3.12. The van der Waals surface area contributed by atoms with Gasteiger partial charge in [-0.3, -0.25) is 0 Å². The minimum absolute atomic E-state index is 0.152. The molecule has 1 aromatic carbocycles. The van der Waals surface area contributed by atoms with E-state index in [1.165, 1.54) is 11.1 Å². The van der Waals surface area contributed by atoms with E-state index in [9.17, 15) is 4.79 Å². The largest absolute Gasteiger partial charge is 0.465 e. The average molecular weight is 296 g/mol. The van der Waals surface area contributed by atoms with Gasteiger partial charge in [-0.05, 0) is 49.9 Å². The van der Waals surface area contributed by atoms with Crippen LogP contribution < -0.4 is 0 Å². The molecule has 0 spiro atoms. The van der Waals surface area contributed by atoms with Crippen molar-refractivity contribution < 1.29 is 13.9 Å². The second-order valence-electron chi connectivity index (χ2n) is 6.13. The molecule has 0 amide bonds. The Balaban J connectivity index is 1.94. The lowest BCUT2D eigenvalue weighted by molar-refractivity contribution is -0.163. The van der Waals surface area contributed by atoms with Crippen LogP contribution in [-0.2, 0) is 28.0 Å². The summed E-state index contributed by atoms with van der Waals surface area (Å²) in [5, 5.41) is 0. The first-order valence-corrected chi connectivity index (χ1v) is 7.50. The maximum absolute atomic E-state index is 12.1. The van der Waals surface area contributed by atoms with Crippen molar-refractivity contribution in [1.29, 1.82) is 0 Å². The molecule has 0 saturated carbocycles. The molecule has 1 heterocycles. The van der Waals surface area contributed by atoms with Crippen molar-refractivity contribution in [1.82, 2.24) is 0 Å². The zero-order valence-electron chi connectivity index (χ0n) is 13.0. The van der Waals surface area contributed by atoms with Crippen LogP contribution in [0.2, 0.25) is 0 Å². The number of hydrogen-bond acceptors (Lipinski definition) is 3. The van der Waals surface area contributed by atoms with Gasteiger partial charge in [0.25, 0.3) is 0 Å². The second kappa shape index (κ2) is 5.48. The van der Waals surface area contributed by atoms with Crippen molar-refractivity contribution in [3.05, 3.63) is 71.7 Å². The van der Waals surface area contributed by atoms with E-state index in [0.717, 1.165) is 12.8 Å². The number of esters is 1. The lowest BCUT2D eigenvalue weighted by Crippen LogP contribution is -2.37. The standard InChI is InChI=1S/C19H20O3/c1-13(2)18(20)22-19(3,17-9-6-10-21-17)16-11-14-7-4-5-8-15(14)12-16/h4-10,16H,1,11-12H2,2-3H3. The Hall–Kier alpha value is -2.29. The monoisotopic (exact) mass is 296 g/mol. The number of carbonyl (C=O) groups excluding carboxylic acids is 1. The first kappa shape index (κ1) is 14.6. The van der Waals surface area contributed by atoms with Gasteiger partial charge in [-0.25, -0.2) is 4.79 Å². The summed E-state index contributed by atoms with van der Waals surface area (Å²) in [4.78, 5) is 12.1. The molecule has 0 saturated heterocycles. The minimum Gasteiger partial charge on any atom is -0.465 e. The highest BCUT2D eigenvalue weighted by Gasteiger charge is 2.44. The van der Waals surface area contributed by atoms with Gasteiger partial charge in [0, 0.05) is 11.5 Å². The maximum Gasteiger partial charge on any atom is 0.334 e. The Morgan fingerprint density at radius 2 is 1.86 bits per heavy atom. The highest BCUT2D eigenvalue weighted by molar-refractivity contribution is 5.87. The predicted molar refractivity (Wildman–Crippen MR) is 84.3 cm³/mol. The Morgan fingerprint density at radius 3 is 2.36 bits per heavy atom. The van der Waals surface area contributed by atoms with Gasteiger partial charge in [0.1, 0.15) is 5.76 Å². The molecule has 3 rings (SSSR count). The predicted octanol–water partition coefficient (Wildman–Crippen LogP) is 4.03. The van der Waals surface area contributed by atoms with Gasteiger partial charge >= 0.3 is 5.97 Å². The van der Waals surface area contributed by atoms with Crippen molar-refractivity contribution in [2.24, 2.45) is 5.92 Å². The minimum atomic E-state index is -0.793. The van der Waals surface area contributed by atoms with Crippen LogP contribution in [0.15, 0.2) is 59.2 Å². The smallest absolute Gasteiger partial charge is 0.334 e. The summed E-state index contributed by atoms with van der Waals surface area (Å²) in [6, 6.07) is 12.1. The fourth-order valence-corrected chi connectivity index (χ4v) is 3.12. The van der Waals surface area contributed by atoms with Gasteiger partial charge in [-0.2, -0.15) is 0 Å². The third-order valence-corrected chi connectivity index (χ3v) is 4.49. The second-order valence-corrected chi connectivity index (χ2v) is 6.13. The number of carbonyl (C=O) groups is 1. The third-order valence-electron chi connectivity index (χ3n) is 4.49. The zero-order chi connectivity index (χ0) is 15.7. The first-order chi connectivity index (χ1) is 10.5. The average Bonchev–Trinajstić information content (AvgIpc) is 3.16. The summed E-state index contributed by atoms with van der Waals surface area (Å²) in [7, 11) is 0. The van der Waals surface area contributed by atoms with Crippen LogP contribution in [0.25, 0.3) is 0 Å². The summed E-state index contributed by atoms with van der Waals surface area (Å²) in [6.45, 7) is 7.28. The van der Waals surface area contributed by atoms with E-state index in [4.69, 9.17) is 9.15 Å². The van der Waals surface area contributed by atoms with Gasteiger partial charge in [0.05, 0.1) is 6.26 Å². The SMILES string of the molecule is C=C(C)C(=O)OC(C)(c1ccco1)C1Cc2ccccc2C1. The van der Waals surface area contributed by atoms with E-state index in [1.807, 2.05) is 31.2 Å². The van der Waals surface area contributed by atoms with Crippen LogP contribution in [0.3, 0.4) is 0 Å². The summed E-state index contributed by atoms with van der Waals surface area (Å²) in [5.41, 5.74) is 2.24. The molecule has 0 fully saturated rings. The van der Waals surface area contributed by atoms with Crippen LogP contribution in [0, 0.1) is 5.92 Å². The molecule has 3 heteroatoms. The Morgan fingerprint density at radius 1 is 1.23 bits per heavy atom. The molecular weight excluding hydrogens is 276 g/mol. The van der Waals surface area contributed by atoms with Gasteiger partial charge in [-0.1, -0.05) is 30.8 Å². The van der Waals surface area contributed by atoms with E-state index >= 15 is 0 Å². The van der Waals surface area contributed by atoms with Gasteiger partial charge in [-0.15, -0.1) is 0 Å². The van der Waals surface area contributed by atoms with E-state index in [2.05, 4.69) is 18.7 Å². The zero-order valence-corrected chi connectivity index (χ0v) is 13.0. The summed E-state index contributed by atoms with van der Waals surface area (Å²) < 4.78 is 11.4. The topological polar surface area (TPSA) is 39.4 Å². The maximum atomic E-state index is 12.1. The quantitative estimate of drug-likeness (QED) is 0.631. The van der Waals surface area contributed by atoms with E-state index in [1.54, 1.807) is 13.2 Å². The van der Waals surface area contributed by atoms with Crippen molar-refractivity contribution >= 4 is 5.97 Å². The number of furan rings is 1. The summed E-state index contributed by atoms with van der Waals surface area (Å²) in [5.74, 6) is 0.453. The van der Waals surface area contributed by atoms with Gasteiger partial charge < -0.3 is 9.15 Å². The van der Waals surface area contributed by atoms with Crippen molar-refractivity contribution in [2.75, 3.05) is 0 Å². The molecule has 1 aliphatic carbocycles. The molecular formula is C19H20O3. The van der Waals surface area contributed by atoms with Gasteiger partial charge in [0.15, 0.2) is 5.60 Å². The third kappa shape index (κ3) is 2.47. The van der Waals surface area contributed by atoms with Crippen molar-refractivity contribution in [2.45, 2.75) is 32.3 Å². The van der Waals surface area contributed by atoms with E-state index in [0.29, 0.717) is 11.3 Å². The number of hydrogen-bond donors (Lipinski definition) is 0. The Bertz CT molecular complexity index is 674. The molecule has 22 heavy (non-hydrogen) atoms. The lowest BCUT2D eigenvalue weighted by Gasteiger charge is -2.33. The molecule has 0 aliphatic heterocycles. The van der Waals surface area contributed by atoms with E-state index in [-0.39, 0.29) is 11.9 Å². The van der Waals surface area contributed by atoms with Crippen LogP contribution in [0.1, 0.15) is 30.7 Å². The van der Waals surface area contributed by atoms with Crippen molar-refractivity contribution in [3.63, 3.8) is 0 Å². The molecule has 1 aliphatic rings. The van der Waals surface area contributed by atoms with Crippen LogP contribution in [0.5, 0.6) is 0 Å². The summed E-state index contributed by atoms with van der Waals surface area (Å²) in [6.07, 6.45) is 3.36. The number of fused-ring (bicyclic) bond motifs is 1. The van der Waals surface area contributed by atoms with Crippen LogP contribution in [0.4, 0.5) is 0 Å². The molecule has 3 nitrogen and oxygen atoms in total.